The van der Waals surface area contributed by atoms with Crippen molar-refractivity contribution in [3.8, 4) is 12.1 Å². The van der Waals surface area contributed by atoms with Gasteiger partial charge in [-0.1, -0.05) is 72.8 Å². The largest absolute Gasteiger partial charge is 0.762 e. The fourth-order valence-corrected chi connectivity index (χ4v) is 7.84. The Bertz CT molecular complexity index is 1090. The number of allylic oxidation sites excluding steroid dienone is 1. The molecule has 0 amide bonds. The first-order valence-electron chi connectivity index (χ1n) is 9.96. The quantitative estimate of drug-likeness (QED) is 0.272. The summed E-state index contributed by atoms with van der Waals surface area (Å²) in [5, 5.41) is 28.9. The molecule has 0 unspecified atom stereocenters. The summed E-state index contributed by atoms with van der Waals surface area (Å²) in [6.07, 6.45) is 0. The SMILES string of the molecule is N#CC(=C=[N-])C#N.c1ccc([P+](c2ccccc2)(c2ccccc2)c2ccccc2)cc1. The number of rotatable bonds is 4. The maximum atomic E-state index is 7.79. The molecule has 0 saturated heterocycles. The summed E-state index contributed by atoms with van der Waals surface area (Å²) in [5.74, 6) is 1.40. The van der Waals surface area contributed by atoms with Gasteiger partial charge in [0.15, 0.2) is 0 Å². The average molecular weight is 429 g/mol. The molecule has 0 aliphatic heterocycles. The van der Waals surface area contributed by atoms with Crippen molar-refractivity contribution in [1.29, 1.82) is 10.5 Å². The minimum absolute atomic E-state index is 0.403. The fourth-order valence-electron chi connectivity index (χ4n) is 3.58. The first kappa shape index (κ1) is 22.4. The zero-order chi connectivity index (χ0) is 22.7. The van der Waals surface area contributed by atoms with Crippen LogP contribution < -0.4 is 21.2 Å². The first-order chi connectivity index (χ1) is 15.8. The smallest absolute Gasteiger partial charge is 0.148 e. The molecule has 0 radical (unpaired) electrons. The van der Waals surface area contributed by atoms with E-state index in [2.05, 4.69) is 121 Å². The Labute approximate surface area is 189 Å². The third kappa shape index (κ3) is 4.73. The van der Waals surface area contributed by atoms with Crippen LogP contribution in [0.25, 0.3) is 5.41 Å². The molecule has 4 rings (SSSR count). The number of hydrogen-bond donors (Lipinski definition) is 0. The minimum Gasteiger partial charge on any atom is -0.762 e. The Morgan fingerprint density at radius 3 is 0.906 bits per heavy atom. The molecule has 4 heteroatoms. The normalized spacial score (nSPS) is 9.81. The van der Waals surface area contributed by atoms with Crippen LogP contribution in [-0.4, -0.2) is 5.87 Å². The summed E-state index contributed by atoms with van der Waals surface area (Å²) < 4.78 is 0. The van der Waals surface area contributed by atoms with E-state index in [4.69, 9.17) is 15.9 Å². The van der Waals surface area contributed by atoms with Gasteiger partial charge < -0.3 is 5.41 Å². The Balaban J connectivity index is 0.000000360. The van der Waals surface area contributed by atoms with E-state index in [0.717, 1.165) is 0 Å². The Hall–Kier alpha value is -4.26. The molecule has 4 aromatic rings. The number of hydrogen-bond acceptors (Lipinski definition) is 2. The average Bonchev–Trinajstić information content (AvgIpc) is 2.89. The molecule has 0 heterocycles. The van der Waals surface area contributed by atoms with E-state index in [-0.39, 0.29) is 0 Å². The molecule has 0 fully saturated rings. The van der Waals surface area contributed by atoms with E-state index in [1.165, 1.54) is 39.2 Å². The lowest BCUT2D eigenvalue weighted by molar-refractivity contribution is 1.48. The maximum absolute atomic E-state index is 7.79. The molecule has 0 spiro atoms. The van der Waals surface area contributed by atoms with Crippen LogP contribution in [0.15, 0.2) is 127 Å². The van der Waals surface area contributed by atoms with Crippen LogP contribution in [0.3, 0.4) is 0 Å². The van der Waals surface area contributed by atoms with Crippen molar-refractivity contribution < 1.29 is 0 Å². The van der Waals surface area contributed by atoms with Crippen LogP contribution in [0.5, 0.6) is 0 Å². The summed E-state index contributed by atoms with van der Waals surface area (Å²) in [4.78, 5) is 0. The molecular formula is C28H20N3P. The topological polar surface area (TPSA) is 69.9 Å². The Morgan fingerprint density at radius 2 is 0.750 bits per heavy atom. The third-order valence-electron chi connectivity index (χ3n) is 4.91. The Kier molecular flexibility index (Phi) is 7.86. The lowest BCUT2D eigenvalue weighted by Gasteiger charge is -2.27. The summed E-state index contributed by atoms with van der Waals surface area (Å²) in [5.41, 5.74) is -0.403. The molecule has 0 saturated carbocycles. The van der Waals surface area contributed by atoms with Crippen molar-refractivity contribution in [1.82, 2.24) is 0 Å². The van der Waals surface area contributed by atoms with Crippen LogP contribution in [-0.2, 0) is 0 Å². The Morgan fingerprint density at radius 1 is 0.500 bits per heavy atom. The predicted octanol–water partition coefficient (Wildman–Crippen LogP) is 4.51. The van der Waals surface area contributed by atoms with Gasteiger partial charge in [-0.2, -0.15) is 10.5 Å². The lowest BCUT2D eigenvalue weighted by Crippen LogP contribution is -2.38. The fraction of sp³-hybridized carbons (Fsp3) is 0. The van der Waals surface area contributed by atoms with Gasteiger partial charge >= 0.3 is 0 Å². The van der Waals surface area contributed by atoms with E-state index in [0.29, 0.717) is 0 Å². The van der Waals surface area contributed by atoms with Gasteiger partial charge in [0.2, 0.25) is 0 Å². The highest BCUT2D eigenvalue weighted by Gasteiger charge is 2.47. The lowest BCUT2D eigenvalue weighted by atomic mass is 10.3. The van der Waals surface area contributed by atoms with Crippen LogP contribution >= 0.6 is 7.26 Å². The molecule has 0 aliphatic carbocycles. The molecule has 152 valence electrons. The van der Waals surface area contributed by atoms with Crippen molar-refractivity contribution in [3.63, 3.8) is 0 Å². The highest BCUT2D eigenvalue weighted by molar-refractivity contribution is 8.01. The van der Waals surface area contributed by atoms with Crippen LogP contribution in [0.2, 0.25) is 0 Å². The number of benzene rings is 4. The van der Waals surface area contributed by atoms with E-state index >= 15 is 0 Å². The zero-order valence-electron chi connectivity index (χ0n) is 17.3. The van der Waals surface area contributed by atoms with E-state index < -0.39 is 12.8 Å². The molecule has 0 aliphatic rings. The van der Waals surface area contributed by atoms with E-state index in [1.54, 1.807) is 0 Å². The second kappa shape index (κ2) is 11.2. The van der Waals surface area contributed by atoms with Crippen LogP contribution in [0.1, 0.15) is 0 Å². The predicted molar refractivity (Wildman–Crippen MR) is 134 cm³/mol. The van der Waals surface area contributed by atoms with Gasteiger partial charge in [0.05, 0.1) is 0 Å². The van der Waals surface area contributed by atoms with Crippen LogP contribution in [0, 0.1) is 22.7 Å². The number of nitriles is 2. The number of nitrogens with zero attached hydrogens (tertiary/aromatic N) is 3. The van der Waals surface area contributed by atoms with Gasteiger partial charge in [0.25, 0.3) is 0 Å². The summed E-state index contributed by atoms with van der Waals surface area (Å²) in [7, 11) is -1.91. The maximum Gasteiger partial charge on any atom is 0.148 e. The second-order valence-electron chi connectivity index (χ2n) is 6.72. The van der Waals surface area contributed by atoms with Gasteiger partial charge in [-0.3, -0.25) is 0 Å². The molecule has 0 N–H and O–H groups in total. The van der Waals surface area contributed by atoms with Crippen molar-refractivity contribution >= 4 is 34.4 Å². The van der Waals surface area contributed by atoms with Crippen molar-refractivity contribution in [2.24, 2.45) is 0 Å². The van der Waals surface area contributed by atoms with Gasteiger partial charge in [-0.25, -0.2) is 5.87 Å². The molecule has 0 bridgehead atoms. The molecule has 0 atom stereocenters. The molecule has 4 aromatic carbocycles. The molecule has 3 nitrogen and oxygen atoms in total. The van der Waals surface area contributed by atoms with Gasteiger partial charge in [-0.05, 0) is 48.5 Å². The summed E-state index contributed by atoms with van der Waals surface area (Å²) in [6, 6.07) is 46.6. The first-order valence-corrected chi connectivity index (χ1v) is 11.7. The summed E-state index contributed by atoms with van der Waals surface area (Å²) in [6.45, 7) is 0. The zero-order valence-corrected chi connectivity index (χ0v) is 18.2. The highest BCUT2D eigenvalue weighted by atomic mass is 31.2. The molecule has 32 heavy (non-hydrogen) atoms. The van der Waals surface area contributed by atoms with E-state index in [9.17, 15) is 0 Å². The third-order valence-corrected chi connectivity index (χ3v) is 9.20. The minimum atomic E-state index is -1.91. The molecular weight excluding hydrogens is 409 g/mol. The highest BCUT2D eigenvalue weighted by Crippen LogP contribution is 2.53. The van der Waals surface area contributed by atoms with Crippen molar-refractivity contribution in [2.75, 3.05) is 0 Å². The van der Waals surface area contributed by atoms with Crippen molar-refractivity contribution in [3.05, 3.63) is 132 Å². The monoisotopic (exact) mass is 429 g/mol. The summed E-state index contributed by atoms with van der Waals surface area (Å²) >= 11 is 0. The second-order valence-corrected chi connectivity index (χ2v) is 10.1. The van der Waals surface area contributed by atoms with Crippen molar-refractivity contribution in [2.45, 2.75) is 0 Å². The van der Waals surface area contributed by atoms with Gasteiger partial charge in [-0.15, -0.1) is 0 Å². The van der Waals surface area contributed by atoms with Gasteiger partial charge in [0, 0.05) is 0 Å². The van der Waals surface area contributed by atoms with Crippen LogP contribution in [0.4, 0.5) is 0 Å². The molecule has 0 aromatic heterocycles. The van der Waals surface area contributed by atoms with Gasteiger partial charge in [0.1, 0.15) is 46.2 Å². The standard InChI is InChI=1S/C24H20P.C4N3/c1-5-13-21(14-6-1)25(22-15-7-2-8-16-22,23-17-9-3-10-18-23)24-19-11-4-12-20-24;5-1-4(2-6)3-7/h1-20H;/q+1;-1. The van der Waals surface area contributed by atoms with E-state index in [1.807, 2.05) is 0 Å².